The first-order valence-electron chi connectivity index (χ1n) is 5.10. The first-order valence-corrected chi connectivity index (χ1v) is 5.87. The van der Waals surface area contributed by atoms with Crippen molar-refractivity contribution in [3.05, 3.63) is 12.0 Å². The van der Waals surface area contributed by atoms with Crippen molar-refractivity contribution in [3.63, 3.8) is 0 Å². The fraction of sp³-hybridized carbons (Fsp3) is 0.556. The van der Waals surface area contributed by atoms with E-state index in [0.29, 0.717) is 11.7 Å². The predicted molar refractivity (Wildman–Crippen MR) is 59.6 cm³/mol. The van der Waals surface area contributed by atoms with E-state index < -0.39 is 5.54 Å². The van der Waals surface area contributed by atoms with E-state index >= 15 is 0 Å². The molecule has 2 N–H and O–H groups in total. The minimum absolute atomic E-state index is 0.432. The predicted octanol–water partition coefficient (Wildman–Crippen LogP) is 1.56. The van der Waals surface area contributed by atoms with Gasteiger partial charge in [-0.15, -0.1) is 5.10 Å². The summed E-state index contributed by atoms with van der Waals surface area (Å²) >= 11 is 1.22. The van der Waals surface area contributed by atoms with Crippen molar-refractivity contribution < 1.29 is 4.52 Å². The van der Waals surface area contributed by atoms with Gasteiger partial charge in [0.1, 0.15) is 4.88 Å². The number of aromatic nitrogens is 4. The lowest BCUT2D eigenvalue weighted by Gasteiger charge is -2.21. The lowest BCUT2D eigenvalue weighted by atomic mass is 9.94. The van der Waals surface area contributed by atoms with E-state index in [0.717, 1.165) is 17.7 Å². The zero-order valence-corrected chi connectivity index (χ0v) is 9.99. The number of nitrogens with two attached hydrogens (primary N) is 1. The maximum Gasteiger partial charge on any atom is 0.271 e. The first kappa shape index (κ1) is 11.2. The molecule has 0 aliphatic heterocycles. The molecule has 0 fully saturated rings. The summed E-state index contributed by atoms with van der Waals surface area (Å²) in [5.41, 5.74) is 5.66. The Balaban J connectivity index is 2.33. The Labute approximate surface area is 97.0 Å². The highest BCUT2D eigenvalue weighted by atomic mass is 32.1. The standard InChI is InChI=1S/C9H13N5OS/c1-3-9(10,4-2)8-12-7(15-13-8)6-5-11-14-16-6/h5H,3-4,10H2,1-2H3. The summed E-state index contributed by atoms with van der Waals surface area (Å²) in [6.45, 7) is 4.02. The normalized spacial score (nSPS) is 11.9. The van der Waals surface area contributed by atoms with Crippen LogP contribution >= 0.6 is 11.5 Å². The summed E-state index contributed by atoms with van der Waals surface area (Å²) < 4.78 is 8.89. The zero-order valence-electron chi connectivity index (χ0n) is 9.17. The molecule has 0 aliphatic carbocycles. The molecule has 2 aromatic rings. The average Bonchev–Trinajstić information content (AvgIpc) is 2.97. The molecule has 0 spiro atoms. The lowest BCUT2D eigenvalue weighted by Crippen LogP contribution is -2.36. The Hall–Kier alpha value is -1.34. The van der Waals surface area contributed by atoms with E-state index in [1.807, 2.05) is 13.8 Å². The van der Waals surface area contributed by atoms with Crippen molar-refractivity contribution in [2.24, 2.45) is 5.73 Å². The molecular formula is C9H13N5OS. The molecule has 2 rings (SSSR count). The Morgan fingerprint density at radius 2 is 2.19 bits per heavy atom. The fourth-order valence-electron chi connectivity index (χ4n) is 1.35. The molecule has 0 aliphatic rings. The van der Waals surface area contributed by atoms with Gasteiger partial charge < -0.3 is 10.3 Å². The maximum atomic E-state index is 6.17. The number of nitrogens with zero attached hydrogens (tertiary/aromatic N) is 4. The van der Waals surface area contributed by atoms with E-state index in [-0.39, 0.29) is 0 Å². The zero-order chi connectivity index (χ0) is 11.6. The van der Waals surface area contributed by atoms with E-state index in [2.05, 4.69) is 19.7 Å². The van der Waals surface area contributed by atoms with Gasteiger partial charge >= 0.3 is 0 Å². The Bertz CT molecular complexity index is 448. The third kappa shape index (κ3) is 1.83. The molecule has 0 radical (unpaired) electrons. The highest BCUT2D eigenvalue weighted by molar-refractivity contribution is 7.09. The molecule has 86 valence electrons. The molecule has 0 bridgehead atoms. The van der Waals surface area contributed by atoms with Crippen LogP contribution in [0.25, 0.3) is 10.8 Å². The molecule has 16 heavy (non-hydrogen) atoms. The molecule has 0 saturated heterocycles. The highest BCUT2D eigenvalue weighted by Gasteiger charge is 2.29. The van der Waals surface area contributed by atoms with Crippen molar-refractivity contribution in [1.29, 1.82) is 0 Å². The monoisotopic (exact) mass is 239 g/mol. The summed E-state index contributed by atoms with van der Waals surface area (Å²) in [5, 5.41) is 7.65. The first-order chi connectivity index (χ1) is 7.69. The van der Waals surface area contributed by atoms with E-state index in [1.54, 1.807) is 6.20 Å². The summed E-state index contributed by atoms with van der Waals surface area (Å²) in [6.07, 6.45) is 3.13. The van der Waals surface area contributed by atoms with Gasteiger partial charge in [-0.2, -0.15) is 4.98 Å². The van der Waals surface area contributed by atoms with Crippen molar-refractivity contribution in [2.75, 3.05) is 0 Å². The van der Waals surface area contributed by atoms with Crippen molar-refractivity contribution in [3.8, 4) is 10.8 Å². The van der Waals surface area contributed by atoms with Crippen LogP contribution in [0.15, 0.2) is 10.7 Å². The van der Waals surface area contributed by atoms with Gasteiger partial charge in [0.2, 0.25) is 0 Å². The van der Waals surface area contributed by atoms with Crippen LogP contribution in [0.1, 0.15) is 32.5 Å². The molecule has 0 amide bonds. The third-order valence-corrected chi connectivity index (χ3v) is 3.36. The van der Waals surface area contributed by atoms with Crippen LogP contribution in [0, 0.1) is 0 Å². The fourth-order valence-corrected chi connectivity index (χ4v) is 1.79. The van der Waals surface area contributed by atoms with Gasteiger partial charge in [0, 0.05) is 0 Å². The van der Waals surface area contributed by atoms with Crippen molar-refractivity contribution >= 4 is 11.5 Å². The third-order valence-electron chi connectivity index (χ3n) is 2.71. The summed E-state index contributed by atoms with van der Waals surface area (Å²) in [7, 11) is 0. The van der Waals surface area contributed by atoms with Gasteiger partial charge in [0.05, 0.1) is 11.7 Å². The molecule has 0 unspecified atom stereocenters. The molecule has 7 heteroatoms. The van der Waals surface area contributed by atoms with Crippen LogP contribution in [-0.4, -0.2) is 19.7 Å². The quantitative estimate of drug-likeness (QED) is 0.870. The SMILES string of the molecule is CCC(N)(CC)c1noc(-c2cnns2)n1. The second-order valence-electron chi connectivity index (χ2n) is 3.57. The topological polar surface area (TPSA) is 90.7 Å². The second kappa shape index (κ2) is 4.26. The average molecular weight is 239 g/mol. The molecular weight excluding hydrogens is 226 g/mol. The Morgan fingerprint density at radius 1 is 1.44 bits per heavy atom. The van der Waals surface area contributed by atoms with E-state index in [4.69, 9.17) is 10.3 Å². The van der Waals surface area contributed by atoms with E-state index in [1.165, 1.54) is 11.5 Å². The van der Waals surface area contributed by atoms with Gasteiger partial charge in [0.25, 0.3) is 5.89 Å². The Morgan fingerprint density at radius 3 is 2.75 bits per heavy atom. The number of hydrogen-bond donors (Lipinski definition) is 1. The molecule has 2 aromatic heterocycles. The van der Waals surface area contributed by atoms with Crippen LogP contribution in [0.2, 0.25) is 0 Å². The van der Waals surface area contributed by atoms with Gasteiger partial charge in [-0.25, -0.2) is 0 Å². The van der Waals surface area contributed by atoms with Crippen LogP contribution in [-0.2, 0) is 5.54 Å². The van der Waals surface area contributed by atoms with Crippen LogP contribution in [0.4, 0.5) is 0 Å². The molecule has 0 saturated carbocycles. The minimum Gasteiger partial charge on any atom is -0.333 e. The summed E-state index contributed by atoms with van der Waals surface area (Å²) in [4.78, 5) is 5.05. The van der Waals surface area contributed by atoms with Crippen LogP contribution in [0.5, 0.6) is 0 Å². The molecule has 2 heterocycles. The van der Waals surface area contributed by atoms with Gasteiger partial charge in [-0.3, -0.25) is 0 Å². The van der Waals surface area contributed by atoms with Crippen LogP contribution < -0.4 is 5.73 Å². The minimum atomic E-state index is -0.514. The summed E-state index contributed by atoms with van der Waals surface area (Å²) in [5.74, 6) is 0.975. The smallest absolute Gasteiger partial charge is 0.271 e. The second-order valence-corrected chi connectivity index (χ2v) is 4.35. The summed E-state index contributed by atoms with van der Waals surface area (Å²) in [6, 6.07) is 0. The van der Waals surface area contributed by atoms with Gasteiger partial charge in [-0.1, -0.05) is 23.5 Å². The molecule has 0 atom stereocenters. The van der Waals surface area contributed by atoms with Crippen molar-refractivity contribution in [1.82, 2.24) is 19.7 Å². The molecule has 6 nitrogen and oxygen atoms in total. The number of hydrogen-bond acceptors (Lipinski definition) is 7. The Kier molecular flexibility index (Phi) is 2.97. The lowest BCUT2D eigenvalue weighted by molar-refractivity contribution is 0.350. The van der Waals surface area contributed by atoms with Crippen LogP contribution in [0.3, 0.4) is 0 Å². The largest absolute Gasteiger partial charge is 0.333 e. The number of rotatable bonds is 4. The van der Waals surface area contributed by atoms with Gasteiger partial charge in [0.15, 0.2) is 5.82 Å². The molecule has 0 aromatic carbocycles. The maximum absolute atomic E-state index is 6.17. The van der Waals surface area contributed by atoms with E-state index in [9.17, 15) is 0 Å². The van der Waals surface area contributed by atoms with Gasteiger partial charge in [-0.05, 0) is 24.4 Å². The highest BCUT2D eigenvalue weighted by Crippen LogP contribution is 2.26. The van der Waals surface area contributed by atoms with Crippen molar-refractivity contribution in [2.45, 2.75) is 32.2 Å².